The van der Waals surface area contributed by atoms with Crippen molar-refractivity contribution < 1.29 is 28.4 Å². The first-order chi connectivity index (χ1) is 44.6. The summed E-state index contributed by atoms with van der Waals surface area (Å²) < 4.78 is 41.7. The van der Waals surface area contributed by atoms with Gasteiger partial charge < -0.3 is 28.4 Å². The Kier molecular flexibility index (Phi) is 17.2. The number of benzene rings is 14. The lowest BCUT2D eigenvalue weighted by Gasteiger charge is -2.33. The molecule has 6 nitrogen and oxygen atoms in total. The van der Waals surface area contributed by atoms with Gasteiger partial charge in [-0.2, -0.15) is 0 Å². The van der Waals surface area contributed by atoms with Gasteiger partial charge in [0, 0.05) is 11.8 Å². The van der Waals surface area contributed by atoms with Gasteiger partial charge in [0.15, 0.2) is 0 Å². The number of methoxy groups -OCH3 is 2. The molecule has 0 amide bonds. The van der Waals surface area contributed by atoms with Crippen LogP contribution >= 0.6 is 0 Å². The quantitative estimate of drug-likeness (QED) is 0.0595. The van der Waals surface area contributed by atoms with E-state index in [0.717, 1.165) is 88.0 Å². The number of hydrogen-bond donors (Lipinski definition) is 0. The van der Waals surface area contributed by atoms with Gasteiger partial charge in [-0.3, -0.25) is 0 Å². The van der Waals surface area contributed by atoms with E-state index < -0.39 is 24.4 Å². The highest BCUT2D eigenvalue weighted by Gasteiger charge is 2.35. The molecule has 0 bridgehead atoms. The molecule has 14 rings (SSSR count). The third kappa shape index (κ3) is 11.8. The van der Waals surface area contributed by atoms with E-state index in [-0.39, 0.29) is 38.3 Å². The zero-order chi connectivity index (χ0) is 60.6. The Balaban J connectivity index is 0.851. The van der Waals surface area contributed by atoms with Crippen LogP contribution in [0.25, 0.3) is 64.6 Å². The van der Waals surface area contributed by atoms with Crippen molar-refractivity contribution >= 4 is 64.6 Å². The normalized spacial score (nSPS) is 13.8. The Bertz CT molecular complexity index is 4430. The van der Waals surface area contributed by atoms with E-state index >= 15 is 0 Å². The standard InChI is InChI=1S/C84H70O6/c1-85-65-49-45-63(46-50-65)79(73-39-15-27-57-21-3-9-33-67(57)73)81(75-41-17-29-59-23-5-11-35-69(59)75)87-53-55-89-83(77-43-19-31-61-25-7-13-37-71(61)77)84(78-44-20-32-62-26-8-14-38-72(62)78)90-56-54-88-82(76-42-18-30-60-24-6-12-36-70(60)76)80(64-47-51-66(86-2)52-48-64)74-40-16-28-58-22-4-10-34-68(58)74/h3-52,79-84H,53-56H2,1-2H3/t79-,80-,81+,82+,83-,84-/m0/s1. The van der Waals surface area contributed by atoms with Crippen molar-refractivity contribution in [2.45, 2.75) is 36.3 Å². The van der Waals surface area contributed by atoms with Gasteiger partial charge in [-0.05, 0) is 133 Å². The van der Waals surface area contributed by atoms with Crippen LogP contribution in [-0.2, 0) is 18.9 Å². The van der Waals surface area contributed by atoms with Gasteiger partial charge in [0.05, 0.1) is 52.9 Å². The van der Waals surface area contributed by atoms with Gasteiger partial charge >= 0.3 is 0 Å². The lowest BCUT2D eigenvalue weighted by atomic mass is 9.80. The smallest absolute Gasteiger partial charge is 0.118 e. The van der Waals surface area contributed by atoms with Crippen molar-refractivity contribution in [2.75, 3.05) is 40.6 Å². The van der Waals surface area contributed by atoms with E-state index in [4.69, 9.17) is 28.4 Å². The minimum absolute atomic E-state index is 0.226. The minimum atomic E-state index is -0.603. The molecule has 0 aliphatic carbocycles. The minimum Gasteiger partial charge on any atom is -0.497 e. The van der Waals surface area contributed by atoms with Crippen molar-refractivity contribution in [3.8, 4) is 11.5 Å². The van der Waals surface area contributed by atoms with Crippen molar-refractivity contribution in [1.82, 2.24) is 0 Å². The van der Waals surface area contributed by atoms with Crippen molar-refractivity contribution in [3.63, 3.8) is 0 Å². The second-order valence-corrected chi connectivity index (χ2v) is 23.1. The zero-order valence-electron chi connectivity index (χ0n) is 50.6. The average Bonchev–Trinajstić information content (AvgIpc) is 1.03. The highest BCUT2D eigenvalue weighted by molar-refractivity contribution is 5.91. The van der Waals surface area contributed by atoms with Gasteiger partial charge in [0.1, 0.15) is 23.7 Å². The third-order valence-electron chi connectivity index (χ3n) is 18.0. The lowest BCUT2D eigenvalue weighted by Crippen LogP contribution is -2.24. The van der Waals surface area contributed by atoms with Crippen molar-refractivity contribution in [1.29, 1.82) is 0 Å². The summed E-state index contributed by atoms with van der Waals surface area (Å²) in [6.45, 7) is 1.04. The summed E-state index contributed by atoms with van der Waals surface area (Å²) in [6.07, 6.45) is -2.09. The molecule has 0 N–H and O–H groups in total. The van der Waals surface area contributed by atoms with Gasteiger partial charge in [-0.15, -0.1) is 0 Å². The summed E-state index contributed by atoms with van der Waals surface area (Å²) in [6, 6.07) is 108. The molecule has 0 spiro atoms. The van der Waals surface area contributed by atoms with Crippen molar-refractivity contribution in [3.05, 3.63) is 348 Å². The molecule has 0 heterocycles. The molecule has 14 aromatic carbocycles. The molecule has 90 heavy (non-hydrogen) atoms. The fourth-order valence-electron chi connectivity index (χ4n) is 13.8. The fourth-order valence-corrected chi connectivity index (χ4v) is 13.8. The number of rotatable bonds is 23. The third-order valence-corrected chi connectivity index (χ3v) is 18.0. The molecule has 0 radical (unpaired) electrons. The van der Waals surface area contributed by atoms with Crippen LogP contribution in [0, 0.1) is 0 Å². The molecule has 0 saturated carbocycles. The number of ether oxygens (including phenoxy) is 6. The predicted molar refractivity (Wildman–Crippen MR) is 368 cm³/mol. The van der Waals surface area contributed by atoms with Crippen LogP contribution in [0.15, 0.2) is 303 Å². The molecule has 6 heteroatoms. The van der Waals surface area contributed by atoms with E-state index in [1.165, 1.54) is 32.7 Å². The van der Waals surface area contributed by atoms with Crippen LogP contribution < -0.4 is 9.47 Å². The second kappa shape index (κ2) is 26.8. The van der Waals surface area contributed by atoms with E-state index in [9.17, 15) is 0 Å². The first-order valence-corrected chi connectivity index (χ1v) is 31.2. The largest absolute Gasteiger partial charge is 0.497 e. The molecule has 0 unspecified atom stereocenters. The predicted octanol–water partition coefficient (Wildman–Crippen LogP) is 20.6. The Morgan fingerprint density at radius 2 is 0.422 bits per heavy atom. The van der Waals surface area contributed by atoms with Gasteiger partial charge in [-0.1, -0.05) is 279 Å². The Morgan fingerprint density at radius 1 is 0.211 bits per heavy atom. The highest BCUT2D eigenvalue weighted by Crippen LogP contribution is 2.48. The second-order valence-electron chi connectivity index (χ2n) is 23.1. The highest BCUT2D eigenvalue weighted by atomic mass is 16.6. The van der Waals surface area contributed by atoms with Crippen LogP contribution in [0.3, 0.4) is 0 Å². The molecular weight excluding hydrogens is 1100 g/mol. The van der Waals surface area contributed by atoms with Gasteiger partial charge in [-0.25, -0.2) is 0 Å². The monoisotopic (exact) mass is 1170 g/mol. The summed E-state index contributed by atoms with van der Waals surface area (Å²) in [7, 11) is 3.43. The fraction of sp³-hybridized carbons (Fsp3) is 0.143. The molecule has 14 aromatic rings. The molecule has 0 aliphatic rings. The zero-order valence-corrected chi connectivity index (χ0v) is 50.6. The maximum atomic E-state index is 7.56. The van der Waals surface area contributed by atoms with E-state index in [0.29, 0.717) is 0 Å². The van der Waals surface area contributed by atoms with Crippen LogP contribution in [0.5, 0.6) is 11.5 Å². The summed E-state index contributed by atoms with van der Waals surface area (Å²) in [5, 5.41) is 13.7. The Labute approximate surface area is 526 Å². The number of fused-ring (bicyclic) bond motifs is 6. The van der Waals surface area contributed by atoms with E-state index in [1.807, 2.05) is 0 Å². The van der Waals surface area contributed by atoms with Crippen LogP contribution in [0.1, 0.15) is 80.8 Å². The van der Waals surface area contributed by atoms with Crippen LogP contribution in [0.2, 0.25) is 0 Å². The van der Waals surface area contributed by atoms with Crippen molar-refractivity contribution in [2.24, 2.45) is 0 Å². The summed E-state index contributed by atoms with van der Waals surface area (Å²) in [5.74, 6) is 1.14. The first kappa shape index (κ1) is 57.8. The maximum Gasteiger partial charge on any atom is 0.118 e. The van der Waals surface area contributed by atoms with Gasteiger partial charge in [0.2, 0.25) is 0 Å². The topological polar surface area (TPSA) is 55.4 Å². The molecule has 0 fully saturated rings. The summed E-state index contributed by atoms with van der Waals surface area (Å²) in [5.41, 5.74) is 8.81. The molecule has 0 aliphatic heterocycles. The molecule has 0 aromatic heterocycles. The maximum absolute atomic E-state index is 7.56. The van der Waals surface area contributed by atoms with Gasteiger partial charge in [0.25, 0.3) is 0 Å². The van der Waals surface area contributed by atoms with E-state index in [1.54, 1.807) is 14.2 Å². The Morgan fingerprint density at radius 3 is 0.689 bits per heavy atom. The summed E-state index contributed by atoms with van der Waals surface area (Å²) >= 11 is 0. The first-order valence-electron chi connectivity index (χ1n) is 31.2. The molecule has 442 valence electrons. The average molecular weight is 1180 g/mol. The SMILES string of the molecule is COc1ccc([C@@H](c2cccc3ccccc23)[C@H](OCCO[C@@H](c2cccc3ccccc23)[C@@H](OCCO[C@H](c2cccc3ccccc23)[C@@H](c2ccc(OC)cc2)c2cccc3ccccc23)c2cccc3ccccc23)c2cccc3ccccc23)cc1. The van der Waals surface area contributed by atoms with E-state index in [2.05, 4.69) is 303 Å². The summed E-state index contributed by atoms with van der Waals surface area (Å²) in [4.78, 5) is 0. The molecular formula is C84H70O6. The molecule has 0 saturated heterocycles. The number of hydrogen-bond acceptors (Lipinski definition) is 6. The van der Waals surface area contributed by atoms with Crippen LogP contribution in [-0.4, -0.2) is 40.6 Å². The molecule has 6 atom stereocenters. The Hall–Kier alpha value is -9.92. The lowest BCUT2D eigenvalue weighted by molar-refractivity contribution is -0.107. The van der Waals surface area contributed by atoms with Crippen LogP contribution in [0.4, 0.5) is 0 Å².